The molecule has 4 nitrogen and oxygen atoms in total. The summed E-state index contributed by atoms with van der Waals surface area (Å²) >= 11 is 1.41. The fraction of sp³-hybridized carbons (Fsp3) is 0.182. The molecule has 2 aromatic carbocycles. The van der Waals surface area contributed by atoms with Gasteiger partial charge >= 0.3 is 0 Å². The van der Waals surface area contributed by atoms with Crippen molar-refractivity contribution in [2.24, 2.45) is 0 Å². The van der Waals surface area contributed by atoms with Crippen molar-refractivity contribution in [3.63, 3.8) is 0 Å². The minimum atomic E-state index is -0.146. The summed E-state index contributed by atoms with van der Waals surface area (Å²) in [5, 5.41) is 7.66. The summed E-state index contributed by atoms with van der Waals surface area (Å²) in [4.78, 5) is 25.0. The first-order valence-corrected chi connectivity index (χ1v) is 9.84. The molecule has 27 heavy (non-hydrogen) atoms. The van der Waals surface area contributed by atoms with E-state index in [9.17, 15) is 9.59 Å². The molecule has 5 heteroatoms. The number of carbonyl (C=O) groups excluding carboxylic acids is 2. The number of hydrogen-bond donors (Lipinski definition) is 2. The molecule has 0 saturated heterocycles. The maximum Gasteiger partial charge on any atom is 0.261 e. The lowest BCUT2D eigenvalue weighted by atomic mass is 10.1. The van der Waals surface area contributed by atoms with Crippen LogP contribution in [-0.2, 0) is 13.0 Å². The van der Waals surface area contributed by atoms with Crippen LogP contribution in [0.4, 0.5) is 5.69 Å². The number of thiophene rings is 1. The lowest BCUT2D eigenvalue weighted by molar-refractivity contribution is 0.0953. The summed E-state index contributed by atoms with van der Waals surface area (Å²) in [5.41, 5.74) is 3.58. The highest BCUT2D eigenvalue weighted by atomic mass is 32.1. The molecule has 0 fully saturated rings. The second kappa shape index (κ2) is 9.14. The minimum absolute atomic E-state index is 0.0849. The average molecular weight is 378 g/mol. The number of aryl methyl sites for hydroxylation is 1. The molecule has 0 aliphatic carbocycles. The van der Waals surface area contributed by atoms with E-state index < -0.39 is 0 Å². The third-order valence-electron chi connectivity index (χ3n) is 4.16. The molecule has 0 radical (unpaired) electrons. The van der Waals surface area contributed by atoms with Gasteiger partial charge in [-0.1, -0.05) is 43.7 Å². The second-order valence-electron chi connectivity index (χ2n) is 6.26. The zero-order valence-corrected chi connectivity index (χ0v) is 16.0. The minimum Gasteiger partial charge on any atom is -0.347 e. The van der Waals surface area contributed by atoms with Gasteiger partial charge in [-0.3, -0.25) is 9.59 Å². The molecule has 0 unspecified atom stereocenters. The Morgan fingerprint density at radius 2 is 1.59 bits per heavy atom. The Hall–Kier alpha value is -2.92. The molecule has 1 aromatic heterocycles. The van der Waals surface area contributed by atoms with Crippen LogP contribution in [0, 0.1) is 0 Å². The van der Waals surface area contributed by atoms with Crippen molar-refractivity contribution >= 4 is 28.8 Å². The van der Waals surface area contributed by atoms with E-state index in [1.54, 1.807) is 18.2 Å². The highest BCUT2D eigenvalue weighted by Gasteiger charge is 2.08. The largest absolute Gasteiger partial charge is 0.347 e. The van der Waals surface area contributed by atoms with Crippen molar-refractivity contribution in [1.29, 1.82) is 0 Å². The number of hydrogen-bond acceptors (Lipinski definition) is 3. The van der Waals surface area contributed by atoms with Crippen LogP contribution in [0.15, 0.2) is 66.0 Å². The Labute approximate surface area is 163 Å². The molecule has 1 heterocycles. The standard InChI is InChI=1S/C22H22N2O2S/c1-2-4-16-8-12-19(13-9-16)24-21(25)18-10-6-17(7-11-18)15-23-22(26)20-5-3-14-27-20/h3,5-14H,2,4,15H2,1H3,(H,23,26)(H,24,25). The van der Waals surface area contributed by atoms with Crippen molar-refractivity contribution in [3.8, 4) is 0 Å². The van der Waals surface area contributed by atoms with Crippen molar-refractivity contribution < 1.29 is 9.59 Å². The molecule has 0 bridgehead atoms. The Balaban J connectivity index is 1.54. The first-order chi connectivity index (χ1) is 13.2. The number of amides is 2. The highest BCUT2D eigenvalue weighted by Crippen LogP contribution is 2.13. The number of carbonyl (C=O) groups is 2. The van der Waals surface area contributed by atoms with Crippen LogP contribution in [0.2, 0.25) is 0 Å². The van der Waals surface area contributed by atoms with E-state index >= 15 is 0 Å². The summed E-state index contributed by atoms with van der Waals surface area (Å²) < 4.78 is 0. The molecule has 0 aliphatic rings. The smallest absolute Gasteiger partial charge is 0.261 e. The van der Waals surface area contributed by atoms with Crippen LogP contribution in [0.3, 0.4) is 0 Å². The maximum atomic E-state index is 12.4. The number of rotatable bonds is 7. The summed E-state index contributed by atoms with van der Waals surface area (Å²) in [5.74, 6) is -0.231. The molecule has 138 valence electrons. The quantitative estimate of drug-likeness (QED) is 0.615. The van der Waals surface area contributed by atoms with Gasteiger partial charge in [-0.15, -0.1) is 11.3 Å². The highest BCUT2D eigenvalue weighted by molar-refractivity contribution is 7.12. The summed E-state index contributed by atoms with van der Waals surface area (Å²) in [6.07, 6.45) is 2.14. The Kier molecular flexibility index (Phi) is 6.39. The molecular weight excluding hydrogens is 356 g/mol. The number of anilines is 1. The fourth-order valence-electron chi connectivity index (χ4n) is 2.70. The Bertz CT molecular complexity index is 885. The molecule has 2 amide bonds. The SMILES string of the molecule is CCCc1ccc(NC(=O)c2ccc(CNC(=O)c3cccs3)cc2)cc1. The van der Waals surface area contributed by atoms with Crippen molar-refractivity contribution in [3.05, 3.63) is 87.6 Å². The van der Waals surface area contributed by atoms with E-state index in [0.717, 1.165) is 24.1 Å². The third-order valence-corrected chi connectivity index (χ3v) is 5.03. The van der Waals surface area contributed by atoms with Crippen molar-refractivity contribution in [2.45, 2.75) is 26.3 Å². The fourth-order valence-corrected chi connectivity index (χ4v) is 3.34. The zero-order chi connectivity index (χ0) is 19.1. The van der Waals surface area contributed by atoms with E-state index in [4.69, 9.17) is 0 Å². The molecule has 3 rings (SSSR count). The van der Waals surface area contributed by atoms with Gasteiger partial charge in [-0.25, -0.2) is 0 Å². The molecule has 0 aliphatic heterocycles. The van der Waals surface area contributed by atoms with Gasteiger partial charge in [0.1, 0.15) is 0 Å². The normalized spacial score (nSPS) is 10.4. The monoisotopic (exact) mass is 378 g/mol. The average Bonchev–Trinajstić information content (AvgIpc) is 3.23. The van der Waals surface area contributed by atoms with E-state index in [0.29, 0.717) is 17.0 Å². The van der Waals surface area contributed by atoms with Crippen LogP contribution < -0.4 is 10.6 Å². The molecular formula is C22H22N2O2S. The molecule has 3 aromatic rings. The van der Waals surface area contributed by atoms with E-state index in [2.05, 4.69) is 17.6 Å². The molecule has 0 atom stereocenters. The van der Waals surface area contributed by atoms with Gasteiger partial charge in [-0.2, -0.15) is 0 Å². The first-order valence-electron chi connectivity index (χ1n) is 8.96. The molecule has 0 saturated carbocycles. The van der Waals surface area contributed by atoms with E-state index in [-0.39, 0.29) is 11.8 Å². The van der Waals surface area contributed by atoms with Crippen LogP contribution in [0.25, 0.3) is 0 Å². The molecule has 2 N–H and O–H groups in total. The number of nitrogens with one attached hydrogen (secondary N) is 2. The summed E-state index contributed by atoms with van der Waals surface area (Å²) in [7, 11) is 0. The van der Waals surface area contributed by atoms with Crippen LogP contribution in [-0.4, -0.2) is 11.8 Å². The van der Waals surface area contributed by atoms with Gasteiger partial charge in [0.05, 0.1) is 4.88 Å². The van der Waals surface area contributed by atoms with Gasteiger partial charge in [0.15, 0.2) is 0 Å². The topological polar surface area (TPSA) is 58.2 Å². The van der Waals surface area contributed by atoms with Gasteiger partial charge < -0.3 is 10.6 Å². The maximum absolute atomic E-state index is 12.4. The second-order valence-corrected chi connectivity index (χ2v) is 7.21. The number of benzene rings is 2. The van der Waals surface area contributed by atoms with Gasteiger partial charge in [0.25, 0.3) is 11.8 Å². The molecule has 0 spiro atoms. The predicted octanol–water partition coefficient (Wildman–Crippen LogP) is 4.88. The van der Waals surface area contributed by atoms with Crippen molar-refractivity contribution in [2.75, 3.05) is 5.32 Å². The van der Waals surface area contributed by atoms with Crippen LogP contribution in [0.5, 0.6) is 0 Å². The lowest BCUT2D eigenvalue weighted by Gasteiger charge is -2.08. The van der Waals surface area contributed by atoms with Crippen molar-refractivity contribution in [1.82, 2.24) is 5.32 Å². The first kappa shape index (κ1) is 18.9. The third kappa shape index (κ3) is 5.28. The van der Waals surface area contributed by atoms with Gasteiger partial charge in [-0.05, 0) is 53.3 Å². The van der Waals surface area contributed by atoms with Crippen LogP contribution >= 0.6 is 11.3 Å². The summed E-state index contributed by atoms with van der Waals surface area (Å²) in [6, 6.07) is 18.8. The van der Waals surface area contributed by atoms with E-state index in [1.807, 2.05) is 47.8 Å². The Morgan fingerprint density at radius 1 is 0.889 bits per heavy atom. The lowest BCUT2D eigenvalue weighted by Crippen LogP contribution is -2.21. The van der Waals surface area contributed by atoms with Gasteiger partial charge in [0, 0.05) is 17.8 Å². The van der Waals surface area contributed by atoms with E-state index in [1.165, 1.54) is 16.9 Å². The van der Waals surface area contributed by atoms with Gasteiger partial charge in [0.2, 0.25) is 0 Å². The predicted molar refractivity (Wildman–Crippen MR) is 110 cm³/mol. The van der Waals surface area contributed by atoms with Crippen LogP contribution in [0.1, 0.15) is 44.5 Å². The summed E-state index contributed by atoms with van der Waals surface area (Å²) in [6.45, 7) is 2.57. The Morgan fingerprint density at radius 3 is 2.22 bits per heavy atom. The zero-order valence-electron chi connectivity index (χ0n) is 15.2.